The smallest absolute Gasteiger partial charge is 0.0412 e. The van der Waals surface area contributed by atoms with Crippen molar-refractivity contribution in [1.29, 1.82) is 0 Å². The topological polar surface area (TPSA) is 15.3 Å². The Labute approximate surface area is 98.7 Å². The lowest BCUT2D eigenvalue weighted by atomic mass is 9.87. The van der Waals surface area contributed by atoms with E-state index >= 15 is 0 Å². The van der Waals surface area contributed by atoms with Gasteiger partial charge in [-0.3, -0.25) is 0 Å². The molecule has 1 aliphatic heterocycles. The van der Waals surface area contributed by atoms with Crippen molar-refractivity contribution < 1.29 is 0 Å². The molecule has 2 heteroatoms. The van der Waals surface area contributed by atoms with Gasteiger partial charge in [-0.05, 0) is 30.5 Å². The van der Waals surface area contributed by atoms with Crippen LogP contribution in [0.5, 0.6) is 0 Å². The third-order valence-electron chi connectivity index (χ3n) is 3.55. The van der Waals surface area contributed by atoms with E-state index in [4.69, 9.17) is 0 Å². The number of benzene rings is 1. The highest BCUT2D eigenvalue weighted by Crippen LogP contribution is 2.31. The molecule has 1 heterocycles. The number of anilines is 1. The highest BCUT2D eigenvalue weighted by Gasteiger charge is 2.29. The van der Waals surface area contributed by atoms with Crippen molar-refractivity contribution in [1.82, 2.24) is 5.32 Å². The van der Waals surface area contributed by atoms with E-state index < -0.39 is 0 Å². The van der Waals surface area contributed by atoms with E-state index in [1.807, 2.05) is 7.05 Å². The number of rotatable bonds is 4. The Balaban J connectivity index is 2.05. The lowest BCUT2D eigenvalue weighted by Crippen LogP contribution is -2.49. The second kappa shape index (κ2) is 4.88. The molecule has 0 amide bonds. The summed E-state index contributed by atoms with van der Waals surface area (Å²) in [7, 11) is 2.00. The molecule has 1 N–H and O–H groups in total. The van der Waals surface area contributed by atoms with Crippen LogP contribution in [0, 0.1) is 11.8 Å². The first-order valence-corrected chi connectivity index (χ1v) is 6.20. The summed E-state index contributed by atoms with van der Waals surface area (Å²) in [5, 5.41) is 3.23. The zero-order chi connectivity index (χ0) is 11.5. The fraction of sp³-hybridized carbons (Fsp3) is 0.571. The summed E-state index contributed by atoms with van der Waals surface area (Å²) in [5.74, 6) is 1.69. The third kappa shape index (κ3) is 2.22. The molecule has 0 bridgehead atoms. The number of nitrogens with one attached hydrogen (secondary N) is 1. The summed E-state index contributed by atoms with van der Waals surface area (Å²) in [6, 6.07) is 8.71. The Morgan fingerprint density at radius 3 is 2.62 bits per heavy atom. The molecular formula is C14H22N2. The zero-order valence-corrected chi connectivity index (χ0v) is 10.5. The first kappa shape index (κ1) is 11.5. The summed E-state index contributed by atoms with van der Waals surface area (Å²) in [5.41, 5.74) is 2.82. The molecule has 1 aliphatic rings. The monoisotopic (exact) mass is 218 g/mol. The molecule has 0 saturated carbocycles. The lowest BCUT2D eigenvalue weighted by Gasteiger charge is -2.44. The van der Waals surface area contributed by atoms with Crippen LogP contribution in [-0.4, -0.2) is 20.1 Å². The minimum absolute atomic E-state index is 0.813. The quantitative estimate of drug-likeness (QED) is 0.835. The molecule has 0 spiro atoms. The van der Waals surface area contributed by atoms with Gasteiger partial charge in [-0.2, -0.15) is 0 Å². The van der Waals surface area contributed by atoms with Crippen LogP contribution in [-0.2, 0) is 6.54 Å². The Bertz CT molecular complexity index is 340. The van der Waals surface area contributed by atoms with Crippen LogP contribution in [0.15, 0.2) is 24.3 Å². The maximum atomic E-state index is 3.23. The molecule has 1 fully saturated rings. The maximum absolute atomic E-state index is 3.23. The van der Waals surface area contributed by atoms with Gasteiger partial charge in [-0.1, -0.05) is 32.0 Å². The van der Waals surface area contributed by atoms with Crippen molar-refractivity contribution in [2.45, 2.75) is 20.4 Å². The van der Waals surface area contributed by atoms with Gasteiger partial charge >= 0.3 is 0 Å². The van der Waals surface area contributed by atoms with Crippen LogP contribution >= 0.6 is 0 Å². The Kier molecular flexibility index (Phi) is 3.49. The fourth-order valence-electron chi connectivity index (χ4n) is 2.29. The normalized spacial score (nSPS) is 16.6. The molecule has 1 aromatic rings. The molecule has 0 radical (unpaired) electrons. The van der Waals surface area contributed by atoms with E-state index in [1.165, 1.54) is 24.3 Å². The van der Waals surface area contributed by atoms with Gasteiger partial charge in [0.2, 0.25) is 0 Å². The SMILES string of the molecule is CNCc1ccccc1N1CC(C(C)C)C1. The number of para-hydroxylation sites is 1. The van der Waals surface area contributed by atoms with Crippen molar-refractivity contribution in [3.05, 3.63) is 29.8 Å². The fourth-order valence-corrected chi connectivity index (χ4v) is 2.29. The molecule has 0 aliphatic carbocycles. The lowest BCUT2D eigenvalue weighted by molar-refractivity contribution is 0.309. The summed E-state index contributed by atoms with van der Waals surface area (Å²) >= 11 is 0. The van der Waals surface area contributed by atoms with Gasteiger partial charge in [-0.15, -0.1) is 0 Å². The number of hydrogen-bond acceptors (Lipinski definition) is 2. The maximum Gasteiger partial charge on any atom is 0.0412 e. The van der Waals surface area contributed by atoms with Gasteiger partial charge in [-0.25, -0.2) is 0 Å². The third-order valence-corrected chi connectivity index (χ3v) is 3.55. The minimum Gasteiger partial charge on any atom is -0.371 e. The van der Waals surface area contributed by atoms with Gasteiger partial charge in [0.25, 0.3) is 0 Å². The molecule has 0 atom stereocenters. The van der Waals surface area contributed by atoms with Crippen molar-refractivity contribution in [3.8, 4) is 0 Å². The highest BCUT2D eigenvalue weighted by molar-refractivity contribution is 5.55. The van der Waals surface area contributed by atoms with Crippen molar-refractivity contribution in [3.63, 3.8) is 0 Å². The molecule has 2 nitrogen and oxygen atoms in total. The average molecular weight is 218 g/mol. The van der Waals surface area contributed by atoms with Crippen LogP contribution in [0.1, 0.15) is 19.4 Å². The van der Waals surface area contributed by atoms with E-state index in [9.17, 15) is 0 Å². The summed E-state index contributed by atoms with van der Waals surface area (Å²) < 4.78 is 0. The van der Waals surface area contributed by atoms with Gasteiger partial charge < -0.3 is 10.2 Å². The predicted molar refractivity (Wildman–Crippen MR) is 69.7 cm³/mol. The first-order valence-electron chi connectivity index (χ1n) is 6.20. The molecule has 88 valence electrons. The van der Waals surface area contributed by atoms with Gasteiger partial charge in [0.05, 0.1) is 0 Å². The van der Waals surface area contributed by atoms with Crippen LogP contribution in [0.2, 0.25) is 0 Å². The van der Waals surface area contributed by atoms with E-state index in [0.717, 1.165) is 18.4 Å². The van der Waals surface area contributed by atoms with Gasteiger partial charge in [0.15, 0.2) is 0 Å². The zero-order valence-electron chi connectivity index (χ0n) is 10.5. The second-order valence-electron chi connectivity index (χ2n) is 5.07. The van der Waals surface area contributed by atoms with E-state index in [-0.39, 0.29) is 0 Å². The predicted octanol–water partition coefficient (Wildman–Crippen LogP) is 2.50. The molecule has 0 aromatic heterocycles. The minimum atomic E-state index is 0.813. The number of hydrogen-bond donors (Lipinski definition) is 1. The summed E-state index contributed by atoms with van der Waals surface area (Å²) in [6.07, 6.45) is 0. The summed E-state index contributed by atoms with van der Waals surface area (Å²) in [6.45, 7) is 8.04. The van der Waals surface area contributed by atoms with Crippen molar-refractivity contribution in [2.75, 3.05) is 25.0 Å². The first-order chi connectivity index (χ1) is 7.72. The molecule has 0 unspecified atom stereocenters. The van der Waals surface area contributed by atoms with Gasteiger partial charge in [0, 0.05) is 25.3 Å². The molecular weight excluding hydrogens is 196 g/mol. The van der Waals surface area contributed by atoms with Crippen LogP contribution in [0.4, 0.5) is 5.69 Å². The van der Waals surface area contributed by atoms with Crippen LogP contribution < -0.4 is 10.2 Å². The highest BCUT2D eigenvalue weighted by atomic mass is 15.2. The van der Waals surface area contributed by atoms with E-state index in [0.29, 0.717) is 0 Å². The van der Waals surface area contributed by atoms with Gasteiger partial charge in [0.1, 0.15) is 0 Å². The average Bonchev–Trinajstić information content (AvgIpc) is 2.18. The van der Waals surface area contributed by atoms with Crippen molar-refractivity contribution in [2.24, 2.45) is 11.8 Å². The Morgan fingerprint density at radius 1 is 1.31 bits per heavy atom. The van der Waals surface area contributed by atoms with Crippen LogP contribution in [0.3, 0.4) is 0 Å². The second-order valence-corrected chi connectivity index (χ2v) is 5.07. The molecule has 2 rings (SSSR count). The standard InChI is InChI=1S/C14H22N2/c1-11(2)13-9-16(10-13)14-7-5-4-6-12(14)8-15-3/h4-7,11,13,15H,8-10H2,1-3H3. The largest absolute Gasteiger partial charge is 0.371 e. The Morgan fingerprint density at radius 2 is 2.00 bits per heavy atom. The van der Waals surface area contributed by atoms with Crippen LogP contribution in [0.25, 0.3) is 0 Å². The molecule has 1 aromatic carbocycles. The summed E-state index contributed by atoms with van der Waals surface area (Å²) in [4.78, 5) is 2.50. The number of nitrogens with zero attached hydrogens (tertiary/aromatic N) is 1. The molecule has 1 saturated heterocycles. The van der Waals surface area contributed by atoms with Crippen molar-refractivity contribution >= 4 is 5.69 Å². The van der Waals surface area contributed by atoms with E-state index in [2.05, 4.69) is 48.3 Å². The van der Waals surface area contributed by atoms with E-state index in [1.54, 1.807) is 0 Å². The molecule has 16 heavy (non-hydrogen) atoms. The Hall–Kier alpha value is -1.02.